The zero-order valence-corrected chi connectivity index (χ0v) is 13.2. The second-order valence-electron chi connectivity index (χ2n) is 5.41. The van der Waals surface area contributed by atoms with Crippen molar-refractivity contribution in [3.05, 3.63) is 64.1 Å². The van der Waals surface area contributed by atoms with Gasteiger partial charge in [0.25, 0.3) is 5.91 Å². The summed E-state index contributed by atoms with van der Waals surface area (Å²) in [7, 11) is 0. The van der Waals surface area contributed by atoms with Crippen LogP contribution < -0.4 is 5.73 Å². The summed E-state index contributed by atoms with van der Waals surface area (Å²) in [5.41, 5.74) is 8.31. The highest BCUT2D eigenvalue weighted by molar-refractivity contribution is 9.10. The fourth-order valence-corrected chi connectivity index (χ4v) is 2.60. The molecule has 0 aliphatic heterocycles. The molecule has 0 heterocycles. The average molecular weight is 345 g/mol. The Labute approximate surface area is 132 Å². The van der Waals surface area contributed by atoms with E-state index in [1.54, 1.807) is 0 Å². The van der Waals surface area contributed by atoms with Crippen LogP contribution in [0.2, 0.25) is 0 Å². The molecule has 1 amide bonds. The molecule has 2 aromatic rings. The number of nitrogen functional groups attached to an aromatic ring is 1. The van der Waals surface area contributed by atoms with Gasteiger partial charge in [0.1, 0.15) is 0 Å². The highest BCUT2D eigenvalue weighted by atomic mass is 79.9. The quantitative estimate of drug-likeness (QED) is 0.856. The molecule has 0 unspecified atom stereocenters. The molecule has 3 rings (SSSR count). The zero-order chi connectivity index (χ0) is 14.8. The van der Waals surface area contributed by atoms with E-state index in [4.69, 9.17) is 5.73 Å². The van der Waals surface area contributed by atoms with E-state index in [-0.39, 0.29) is 5.91 Å². The smallest absolute Gasteiger partial charge is 0.254 e. The number of nitrogens with zero attached hydrogens (tertiary/aromatic N) is 1. The lowest BCUT2D eigenvalue weighted by molar-refractivity contribution is 0.0730. The van der Waals surface area contributed by atoms with Crippen molar-refractivity contribution in [3.63, 3.8) is 0 Å². The Bertz CT molecular complexity index is 633. The number of carbonyl (C=O) groups excluding carboxylic acids is 1. The third-order valence-corrected chi connectivity index (χ3v) is 4.20. The number of hydrogen-bond donors (Lipinski definition) is 1. The standard InChI is InChI=1S/C17H17BrN2O/c18-14-5-3-13(4-6-14)17(21)20(16-9-10-16)11-12-1-7-15(19)8-2-12/h1-8,16H,9-11,19H2. The Morgan fingerprint density at radius 3 is 2.29 bits per heavy atom. The van der Waals surface area contributed by atoms with Crippen molar-refractivity contribution < 1.29 is 4.79 Å². The molecular formula is C17H17BrN2O. The first-order valence-electron chi connectivity index (χ1n) is 7.04. The van der Waals surface area contributed by atoms with Gasteiger partial charge in [-0.05, 0) is 54.8 Å². The second kappa shape index (κ2) is 5.90. The molecule has 0 saturated heterocycles. The Morgan fingerprint density at radius 2 is 1.71 bits per heavy atom. The molecule has 0 spiro atoms. The van der Waals surface area contributed by atoms with Crippen molar-refractivity contribution in [3.8, 4) is 0 Å². The first-order chi connectivity index (χ1) is 10.1. The van der Waals surface area contributed by atoms with Crippen LogP contribution in [-0.4, -0.2) is 16.8 Å². The van der Waals surface area contributed by atoms with Gasteiger partial charge in [0.15, 0.2) is 0 Å². The Morgan fingerprint density at radius 1 is 1.10 bits per heavy atom. The summed E-state index contributed by atoms with van der Waals surface area (Å²) in [6.45, 7) is 0.639. The van der Waals surface area contributed by atoms with Gasteiger partial charge in [-0.2, -0.15) is 0 Å². The molecule has 108 valence electrons. The molecule has 0 radical (unpaired) electrons. The molecule has 4 heteroatoms. The van der Waals surface area contributed by atoms with Gasteiger partial charge < -0.3 is 10.6 Å². The molecule has 1 aliphatic carbocycles. The number of nitrogens with two attached hydrogens (primary N) is 1. The maximum atomic E-state index is 12.7. The molecule has 0 bridgehead atoms. The summed E-state index contributed by atoms with van der Waals surface area (Å²) < 4.78 is 0.982. The normalized spacial score (nSPS) is 14.0. The molecule has 2 N–H and O–H groups in total. The SMILES string of the molecule is Nc1ccc(CN(C(=O)c2ccc(Br)cc2)C2CC2)cc1. The molecule has 1 aliphatic rings. The predicted octanol–water partition coefficient (Wildman–Crippen LogP) is 3.84. The van der Waals surface area contributed by atoms with E-state index < -0.39 is 0 Å². The van der Waals surface area contributed by atoms with E-state index in [2.05, 4.69) is 15.9 Å². The number of amides is 1. The molecule has 3 nitrogen and oxygen atoms in total. The van der Waals surface area contributed by atoms with Gasteiger partial charge >= 0.3 is 0 Å². The average Bonchev–Trinajstić information content (AvgIpc) is 3.31. The topological polar surface area (TPSA) is 46.3 Å². The Balaban J connectivity index is 1.79. The molecular weight excluding hydrogens is 328 g/mol. The number of hydrogen-bond acceptors (Lipinski definition) is 2. The number of carbonyl (C=O) groups is 1. The van der Waals surface area contributed by atoms with Crippen LogP contribution in [0.4, 0.5) is 5.69 Å². The van der Waals surface area contributed by atoms with Gasteiger partial charge in [0.05, 0.1) is 0 Å². The van der Waals surface area contributed by atoms with Crippen molar-refractivity contribution >= 4 is 27.5 Å². The lowest BCUT2D eigenvalue weighted by Crippen LogP contribution is -2.32. The van der Waals surface area contributed by atoms with E-state index in [9.17, 15) is 4.79 Å². The maximum Gasteiger partial charge on any atom is 0.254 e. The first-order valence-corrected chi connectivity index (χ1v) is 7.84. The summed E-state index contributed by atoms with van der Waals surface area (Å²) in [5.74, 6) is 0.0989. The number of rotatable bonds is 4. The largest absolute Gasteiger partial charge is 0.399 e. The summed E-state index contributed by atoms with van der Waals surface area (Å²) in [6.07, 6.45) is 2.19. The fourth-order valence-electron chi connectivity index (χ4n) is 2.33. The van der Waals surface area contributed by atoms with Crippen molar-refractivity contribution in [2.75, 3.05) is 5.73 Å². The second-order valence-corrected chi connectivity index (χ2v) is 6.33. The summed E-state index contributed by atoms with van der Waals surface area (Å²) in [5, 5.41) is 0. The highest BCUT2D eigenvalue weighted by Crippen LogP contribution is 2.30. The lowest BCUT2D eigenvalue weighted by Gasteiger charge is -2.23. The molecule has 1 fully saturated rings. The Hall–Kier alpha value is -1.81. The fraction of sp³-hybridized carbons (Fsp3) is 0.235. The first kappa shape index (κ1) is 14.1. The molecule has 0 aromatic heterocycles. The molecule has 0 atom stereocenters. The molecule has 2 aromatic carbocycles. The van der Waals surface area contributed by atoms with Crippen LogP contribution in [-0.2, 0) is 6.54 Å². The van der Waals surface area contributed by atoms with Crippen LogP contribution in [0.3, 0.4) is 0 Å². The third-order valence-electron chi connectivity index (χ3n) is 3.67. The van der Waals surface area contributed by atoms with E-state index in [1.807, 2.05) is 53.4 Å². The maximum absolute atomic E-state index is 12.7. The van der Waals surface area contributed by atoms with Crippen LogP contribution in [0.1, 0.15) is 28.8 Å². The van der Waals surface area contributed by atoms with Gasteiger partial charge in [0, 0.05) is 28.3 Å². The summed E-state index contributed by atoms with van der Waals surface area (Å²) in [6, 6.07) is 15.6. The van der Waals surface area contributed by atoms with E-state index >= 15 is 0 Å². The van der Waals surface area contributed by atoms with Gasteiger partial charge in [-0.3, -0.25) is 4.79 Å². The minimum absolute atomic E-state index is 0.0989. The van der Waals surface area contributed by atoms with Gasteiger partial charge in [-0.25, -0.2) is 0 Å². The van der Waals surface area contributed by atoms with E-state index in [1.165, 1.54) is 0 Å². The molecule has 21 heavy (non-hydrogen) atoms. The predicted molar refractivity (Wildman–Crippen MR) is 87.9 cm³/mol. The van der Waals surface area contributed by atoms with Crippen LogP contribution in [0.25, 0.3) is 0 Å². The number of benzene rings is 2. The monoisotopic (exact) mass is 344 g/mol. The minimum Gasteiger partial charge on any atom is -0.399 e. The number of halogens is 1. The van der Waals surface area contributed by atoms with Crippen molar-refractivity contribution in [1.29, 1.82) is 0 Å². The van der Waals surface area contributed by atoms with Gasteiger partial charge in [-0.15, -0.1) is 0 Å². The van der Waals surface area contributed by atoms with Crippen LogP contribution in [0.5, 0.6) is 0 Å². The Kier molecular flexibility index (Phi) is 3.97. The third kappa shape index (κ3) is 3.45. The summed E-state index contributed by atoms with van der Waals surface area (Å²) in [4.78, 5) is 14.7. The summed E-state index contributed by atoms with van der Waals surface area (Å²) >= 11 is 3.40. The zero-order valence-electron chi connectivity index (χ0n) is 11.6. The van der Waals surface area contributed by atoms with E-state index in [0.717, 1.165) is 34.1 Å². The van der Waals surface area contributed by atoms with Crippen LogP contribution in [0, 0.1) is 0 Å². The minimum atomic E-state index is 0.0989. The van der Waals surface area contributed by atoms with Crippen LogP contribution >= 0.6 is 15.9 Å². The van der Waals surface area contributed by atoms with Gasteiger partial charge in [-0.1, -0.05) is 28.1 Å². The van der Waals surface area contributed by atoms with Crippen molar-refractivity contribution in [2.24, 2.45) is 0 Å². The number of anilines is 1. The molecule has 1 saturated carbocycles. The van der Waals surface area contributed by atoms with Crippen molar-refractivity contribution in [1.82, 2.24) is 4.90 Å². The van der Waals surface area contributed by atoms with Crippen LogP contribution in [0.15, 0.2) is 53.0 Å². The van der Waals surface area contributed by atoms with Gasteiger partial charge in [0.2, 0.25) is 0 Å². The highest BCUT2D eigenvalue weighted by Gasteiger charge is 2.32. The van der Waals surface area contributed by atoms with Crippen molar-refractivity contribution in [2.45, 2.75) is 25.4 Å². The van der Waals surface area contributed by atoms with E-state index in [0.29, 0.717) is 12.6 Å². The lowest BCUT2D eigenvalue weighted by atomic mass is 10.1.